The Kier molecular flexibility index (Phi) is 8.59. The number of anilines is 1. The molecule has 1 fully saturated rings. The fourth-order valence-corrected chi connectivity index (χ4v) is 4.83. The Morgan fingerprint density at radius 3 is 2.67 bits per heavy atom. The number of fused-ring (bicyclic) bond motifs is 2. The second-order valence-corrected chi connectivity index (χ2v) is 9.47. The predicted molar refractivity (Wildman–Crippen MR) is 137 cm³/mol. The first-order valence-electron chi connectivity index (χ1n) is 12.7. The third-order valence-electron chi connectivity index (χ3n) is 6.76. The molecule has 3 amide bonds. The molecule has 2 heterocycles. The Balaban J connectivity index is 1.34. The molecule has 0 aromatic heterocycles. The van der Waals surface area contributed by atoms with Crippen LogP contribution in [0.5, 0.6) is 5.75 Å². The molecule has 2 N–H and O–H groups in total. The van der Waals surface area contributed by atoms with Crippen LogP contribution >= 0.6 is 0 Å². The summed E-state index contributed by atoms with van der Waals surface area (Å²) in [6, 6.07) is 15.0. The summed E-state index contributed by atoms with van der Waals surface area (Å²) in [6.07, 6.45) is 3.11. The highest BCUT2D eigenvalue weighted by Crippen LogP contribution is 2.32. The summed E-state index contributed by atoms with van der Waals surface area (Å²) in [5.41, 5.74) is 2.18. The number of rotatable bonds is 8. The Bertz CT molecular complexity index is 1070. The minimum Gasteiger partial charge on any atom is -0.490 e. The van der Waals surface area contributed by atoms with Gasteiger partial charge in [0.1, 0.15) is 18.5 Å². The van der Waals surface area contributed by atoms with E-state index in [1.54, 1.807) is 30.1 Å². The van der Waals surface area contributed by atoms with Crippen molar-refractivity contribution in [2.45, 2.75) is 63.7 Å². The summed E-state index contributed by atoms with van der Waals surface area (Å²) < 4.78 is 12.3. The molecule has 0 bridgehead atoms. The molecule has 0 aliphatic carbocycles. The molecule has 0 spiro atoms. The van der Waals surface area contributed by atoms with Crippen LogP contribution in [0.1, 0.15) is 54.9 Å². The van der Waals surface area contributed by atoms with Crippen LogP contribution in [0.25, 0.3) is 0 Å². The average molecular weight is 494 g/mol. The highest BCUT2D eigenvalue weighted by molar-refractivity contribution is 5.99. The maximum atomic E-state index is 13.3. The molecule has 1 saturated heterocycles. The van der Waals surface area contributed by atoms with Crippen molar-refractivity contribution >= 4 is 23.4 Å². The number of ether oxygens (including phenoxy) is 2. The number of nitrogens with zero attached hydrogens (tertiary/aromatic N) is 1. The van der Waals surface area contributed by atoms with Gasteiger partial charge in [-0.1, -0.05) is 37.3 Å². The van der Waals surface area contributed by atoms with E-state index in [1.807, 2.05) is 37.3 Å². The molecule has 8 heteroatoms. The van der Waals surface area contributed by atoms with E-state index in [2.05, 4.69) is 10.6 Å². The molecular formula is C28H35N3O5. The van der Waals surface area contributed by atoms with Gasteiger partial charge in [0.05, 0.1) is 24.1 Å². The van der Waals surface area contributed by atoms with Crippen LogP contribution in [-0.4, -0.2) is 61.1 Å². The molecule has 8 nitrogen and oxygen atoms in total. The van der Waals surface area contributed by atoms with E-state index < -0.39 is 0 Å². The fraction of sp³-hybridized carbons (Fsp3) is 0.464. The lowest BCUT2D eigenvalue weighted by molar-refractivity contribution is -0.134. The standard InChI is InChI=1S/C28H35N3O5/c1-3-7-26(32)30-20-10-13-24-22(16-20)28(34)31(2)23-12-11-21(36-25(23)18-35-24)17-27(33)29-15-14-19-8-5-4-6-9-19/h4-6,8-10,13,16,21,23,25H,3,7,11-12,14-15,17-18H2,1-2H3,(H,29,33)(H,30,32)/t21-,23+,25+/m1/s1. The Labute approximate surface area is 212 Å². The van der Waals surface area contributed by atoms with E-state index in [-0.39, 0.29) is 49.0 Å². The van der Waals surface area contributed by atoms with Crippen molar-refractivity contribution in [3.63, 3.8) is 0 Å². The van der Waals surface area contributed by atoms with Crippen molar-refractivity contribution in [2.24, 2.45) is 0 Å². The Morgan fingerprint density at radius 2 is 1.89 bits per heavy atom. The summed E-state index contributed by atoms with van der Waals surface area (Å²) in [6.45, 7) is 2.81. The highest BCUT2D eigenvalue weighted by Gasteiger charge is 2.39. The molecule has 0 unspecified atom stereocenters. The van der Waals surface area contributed by atoms with Crippen LogP contribution in [-0.2, 0) is 20.7 Å². The van der Waals surface area contributed by atoms with Gasteiger partial charge in [0.2, 0.25) is 11.8 Å². The van der Waals surface area contributed by atoms with Gasteiger partial charge in [0.15, 0.2) is 0 Å². The predicted octanol–water partition coefficient (Wildman–Crippen LogP) is 3.55. The van der Waals surface area contributed by atoms with Crippen molar-refractivity contribution in [1.82, 2.24) is 10.2 Å². The largest absolute Gasteiger partial charge is 0.490 e. The van der Waals surface area contributed by atoms with E-state index in [0.717, 1.165) is 19.3 Å². The van der Waals surface area contributed by atoms with Gasteiger partial charge in [-0.25, -0.2) is 0 Å². The van der Waals surface area contributed by atoms with E-state index >= 15 is 0 Å². The number of carbonyl (C=O) groups is 3. The lowest BCUT2D eigenvalue weighted by atomic mass is 9.94. The van der Waals surface area contributed by atoms with Crippen LogP contribution < -0.4 is 15.4 Å². The molecule has 3 atom stereocenters. The number of amides is 3. The van der Waals surface area contributed by atoms with Gasteiger partial charge >= 0.3 is 0 Å². The van der Waals surface area contributed by atoms with Crippen LogP contribution in [0.15, 0.2) is 48.5 Å². The highest BCUT2D eigenvalue weighted by atomic mass is 16.5. The molecule has 2 aliphatic rings. The van der Waals surface area contributed by atoms with E-state index in [4.69, 9.17) is 9.47 Å². The zero-order chi connectivity index (χ0) is 25.5. The molecule has 2 aromatic carbocycles. The van der Waals surface area contributed by atoms with Crippen molar-refractivity contribution < 1.29 is 23.9 Å². The second kappa shape index (κ2) is 12.0. The van der Waals surface area contributed by atoms with Crippen molar-refractivity contribution in [2.75, 3.05) is 25.5 Å². The number of carbonyl (C=O) groups excluding carboxylic acids is 3. The van der Waals surface area contributed by atoms with Crippen LogP contribution in [0.3, 0.4) is 0 Å². The zero-order valence-corrected chi connectivity index (χ0v) is 21.0. The smallest absolute Gasteiger partial charge is 0.257 e. The number of hydrogen-bond donors (Lipinski definition) is 2. The molecule has 0 saturated carbocycles. The fourth-order valence-electron chi connectivity index (χ4n) is 4.83. The molecule has 0 radical (unpaired) electrons. The van der Waals surface area contributed by atoms with Crippen molar-refractivity contribution in [1.29, 1.82) is 0 Å². The van der Waals surface area contributed by atoms with Gasteiger partial charge in [-0.05, 0) is 49.4 Å². The monoisotopic (exact) mass is 493 g/mol. The summed E-state index contributed by atoms with van der Waals surface area (Å²) in [7, 11) is 1.78. The molecule has 36 heavy (non-hydrogen) atoms. The number of nitrogens with one attached hydrogen (secondary N) is 2. The normalized spacial score (nSPS) is 21.3. The quantitative estimate of drug-likeness (QED) is 0.586. The van der Waals surface area contributed by atoms with Gasteiger partial charge in [-0.15, -0.1) is 0 Å². The zero-order valence-electron chi connectivity index (χ0n) is 21.0. The summed E-state index contributed by atoms with van der Waals surface area (Å²) >= 11 is 0. The number of likely N-dealkylation sites (N-methyl/N-ethyl adjacent to an activating group) is 1. The van der Waals surface area contributed by atoms with Crippen molar-refractivity contribution in [3.8, 4) is 5.75 Å². The Hall–Kier alpha value is -3.39. The third kappa shape index (κ3) is 6.43. The first-order valence-corrected chi connectivity index (χ1v) is 12.7. The second-order valence-electron chi connectivity index (χ2n) is 9.47. The SMILES string of the molecule is CCCC(=O)Nc1ccc2c(c1)C(=O)N(C)[C@H]1CC[C@H](CC(=O)NCCc3ccccc3)O[C@H]1CO2. The first kappa shape index (κ1) is 25.7. The molecule has 4 rings (SSSR count). The van der Waals surface area contributed by atoms with Crippen LogP contribution in [0.4, 0.5) is 5.69 Å². The summed E-state index contributed by atoms with van der Waals surface area (Å²) in [5, 5.41) is 5.82. The maximum Gasteiger partial charge on any atom is 0.257 e. The summed E-state index contributed by atoms with van der Waals surface area (Å²) in [5.74, 6) is 0.171. The lowest BCUT2D eigenvalue weighted by Gasteiger charge is -2.42. The van der Waals surface area contributed by atoms with Gasteiger partial charge in [0, 0.05) is 25.7 Å². The third-order valence-corrected chi connectivity index (χ3v) is 6.76. The molecule has 2 aromatic rings. The number of hydrogen-bond acceptors (Lipinski definition) is 5. The van der Waals surface area contributed by atoms with Gasteiger partial charge in [-0.2, -0.15) is 0 Å². The minimum absolute atomic E-state index is 0.0337. The van der Waals surface area contributed by atoms with E-state index in [9.17, 15) is 14.4 Å². The van der Waals surface area contributed by atoms with Crippen LogP contribution in [0.2, 0.25) is 0 Å². The van der Waals surface area contributed by atoms with Gasteiger partial charge in [-0.3, -0.25) is 14.4 Å². The molecular weight excluding hydrogens is 458 g/mol. The molecule has 192 valence electrons. The maximum absolute atomic E-state index is 13.3. The number of benzene rings is 2. The van der Waals surface area contributed by atoms with Gasteiger partial charge in [0.25, 0.3) is 5.91 Å². The van der Waals surface area contributed by atoms with Gasteiger partial charge < -0.3 is 25.0 Å². The van der Waals surface area contributed by atoms with E-state index in [1.165, 1.54) is 5.56 Å². The summed E-state index contributed by atoms with van der Waals surface area (Å²) in [4.78, 5) is 39.5. The Morgan fingerprint density at radius 1 is 1.08 bits per heavy atom. The minimum atomic E-state index is -0.327. The average Bonchev–Trinajstić information content (AvgIpc) is 2.87. The first-order chi connectivity index (χ1) is 17.4. The van der Waals surface area contributed by atoms with Crippen molar-refractivity contribution in [3.05, 3.63) is 59.7 Å². The van der Waals surface area contributed by atoms with Crippen LogP contribution in [0, 0.1) is 0 Å². The molecule has 2 aliphatic heterocycles. The van der Waals surface area contributed by atoms with E-state index in [0.29, 0.717) is 36.4 Å². The topological polar surface area (TPSA) is 97.0 Å². The lowest BCUT2D eigenvalue weighted by Crippen LogP contribution is -2.54.